The quantitative estimate of drug-likeness (QED) is 0.243. The summed E-state index contributed by atoms with van der Waals surface area (Å²) in [5.74, 6) is -1.16. The SMILES string of the molecule is C=CC(=O)OCCNC(=O)O[C@H]1CCCC[C@@H]1OC(=O)NCCOC(=O)C=C. The minimum atomic E-state index is -0.688. The van der Waals surface area contributed by atoms with Crippen LogP contribution in [0.1, 0.15) is 25.7 Å². The highest BCUT2D eigenvalue weighted by Gasteiger charge is 2.31. The van der Waals surface area contributed by atoms with E-state index >= 15 is 0 Å². The Bertz CT molecular complexity index is 528. The van der Waals surface area contributed by atoms with E-state index in [1.165, 1.54) is 0 Å². The summed E-state index contributed by atoms with van der Waals surface area (Å²) < 4.78 is 20.1. The molecule has 10 heteroatoms. The van der Waals surface area contributed by atoms with Gasteiger partial charge in [0, 0.05) is 12.2 Å². The summed E-state index contributed by atoms with van der Waals surface area (Å²) in [7, 11) is 0. The standard InChI is InChI=1S/C18H26N2O8/c1-3-15(21)25-11-9-19-17(23)27-13-7-5-6-8-14(13)28-18(24)20-10-12-26-16(22)4-2/h3-4,13-14H,1-2,5-12H2,(H,19,23)(H,20,24)/t13-,14-/m0/s1. The van der Waals surface area contributed by atoms with Crippen molar-refractivity contribution < 1.29 is 38.1 Å². The highest BCUT2D eigenvalue weighted by molar-refractivity contribution is 5.81. The molecule has 0 aliphatic heterocycles. The van der Waals surface area contributed by atoms with Gasteiger partial charge in [-0.2, -0.15) is 0 Å². The van der Waals surface area contributed by atoms with Gasteiger partial charge >= 0.3 is 24.1 Å². The van der Waals surface area contributed by atoms with Gasteiger partial charge in [0.2, 0.25) is 0 Å². The first kappa shape index (κ1) is 23.0. The Hall–Kier alpha value is -3.04. The van der Waals surface area contributed by atoms with Crippen molar-refractivity contribution in [1.29, 1.82) is 0 Å². The van der Waals surface area contributed by atoms with Gasteiger partial charge in [-0.05, 0) is 25.7 Å². The molecule has 156 valence electrons. The van der Waals surface area contributed by atoms with Crippen molar-refractivity contribution in [1.82, 2.24) is 10.6 Å². The molecule has 2 N–H and O–H groups in total. The zero-order valence-electron chi connectivity index (χ0n) is 15.6. The molecule has 1 aliphatic rings. The van der Waals surface area contributed by atoms with E-state index in [-0.39, 0.29) is 26.3 Å². The summed E-state index contributed by atoms with van der Waals surface area (Å²) in [4.78, 5) is 45.5. The molecule has 0 aromatic rings. The second kappa shape index (κ2) is 13.2. The van der Waals surface area contributed by atoms with Gasteiger partial charge in [0.15, 0.2) is 0 Å². The smallest absolute Gasteiger partial charge is 0.407 e. The Morgan fingerprint density at radius 2 is 1.18 bits per heavy atom. The Morgan fingerprint density at radius 3 is 1.54 bits per heavy atom. The Balaban J connectivity index is 2.31. The van der Waals surface area contributed by atoms with Crippen molar-refractivity contribution in [2.45, 2.75) is 37.9 Å². The van der Waals surface area contributed by atoms with Gasteiger partial charge < -0.3 is 29.6 Å². The van der Waals surface area contributed by atoms with Crippen LogP contribution >= 0.6 is 0 Å². The van der Waals surface area contributed by atoms with Gasteiger partial charge in [0.25, 0.3) is 0 Å². The second-order valence-electron chi connectivity index (χ2n) is 5.77. The Kier molecular flexibility index (Phi) is 10.8. The summed E-state index contributed by atoms with van der Waals surface area (Å²) in [5.41, 5.74) is 0. The number of hydrogen-bond donors (Lipinski definition) is 2. The molecule has 0 bridgehead atoms. The molecule has 0 aromatic carbocycles. The third-order valence-electron chi connectivity index (χ3n) is 3.72. The van der Waals surface area contributed by atoms with Gasteiger partial charge in [0.05, 0.1) is 13.1 Å². The van der Waals surface area contributed by atoms with Gasteiger partial charge in [-0.25, -0.2) is 19.2 Å². The molecule has 0 spiro atoms. The molecule has 1 fully saturated rings. The topological polar surface area (TPSA) is 129 Å². The highest BCUT2D eigenvalue weighted by Crippen LogP contribution is 2.24. The predicted octanol–water partition coefficient (Wildman–Crippen LogP) is 1.21. The van der Waals surface area contributed by atoms with Gasteiger partial charge in [-0.15, -0.1) is 0 Å². The fourth-order valence-electron chi connectivity index (χ4n) is 2.42. The molecule has 0 saturated heterocycles. The van der Waals surface area contributed by atoms with E-state index in [4.69, 9.17) is 18.9 Å². The van der Waals surface area contributed by atoms with Crippen molar-refractivity contribution in [3.05, 3.63) is 25.3 Å². The van der Waals surface area contributed by atoms with Crippen molar-refractivity contribution in [2.24, 2.45) is 0 Å². The lowest BCUT2D eigenvalue weighted by atomic mass is 9.94. The molecular formula is C18H26N2O8. The largest absolute Gasteiger partial charge is 0.461 e. The third kappa shape index (κ3) is 9.60. The number of hydrogen-bond acceptors (Lipinski definition) is 8. The molecule has 2 atom stereocenters. The summed E-state index contributed by atoms with van der Waals surface area (Å²) in [6.07, 6.45) is 2.33. The molecular weight excluding hydrogens is 372 g/mol. The van der Waals surface area contributed by atoms with E-state index in [1.807, 2.05) is 0 Å². The lowest BCUT2D eigenvalue weighted by Gasteiger charge is -2.30. The van der Waals surface area contributed by atoms with Crippen LogP contribution in [-0.2, 0) is 28.5 Å². The monoisotopic (exact) mass is 398 g/mol. The third-order valence-corrected chi connectivity index (χ3v) is 3.72. The predicted molar refractivity (Wildman–Crippen MR) is 97.3 cm³/mol. The van der Waals surface area contributed by atoms with Crippen LogP contribution in [0.5, 0.6) is 0 Å². The van der Waals surface area contributed by atoms with Crippen molar-refractivity contribution >= 4 is 24.1 Å². The lowest BCUT2D eigenvalue weighted by molar-refractivity contribution is -0.138. The molecule has 1 rings (SSSR count). The van der Waals surface area contributed by atoms with Crippen LogP contribution in [-0.4, -0.2) is 62.6 Å². The second-order valence-corrected chi connectivity index (χ2v) is 5.77. The van der Waals surface area contributed by atoms with Crippen LogP contribution in [0.4, 0.5) is 9.59 Å². The van der Waals surface area contributed by atoms with Crippen LogP contribution in [0.3, 0.4) is 0 Å². The Labute approximate surface area is 163 Å². The van der Waals surface area contributed by atoms with E-state index in [0.29, 0.717) is 12.8 Å². The molecule has 0 aromatic heterocycles. The van der Waals surface area contributed by atoms with Crippen LogP contribution in [0.15, 0.2) is 25.3 Å². The minimum absolute atomic E-state index is 0.0105. The average Bonchev–Trinajstić information content (AvgIpc) is 2.69. The van der Waals surface area contributed by atoms with Crippen molar-refractivity contribution in [3.63, 3.8) is 0 Å². The summed E-state index contributed by atoms with van der Waals surface area (Å²) in [6.45, 7) is 6.67. The van der Waals surface area contributed by atoms with Gasteiger partial charge in [-0.3, -0.25) is 0 Å². The summed E-state index contributed by atoms with van der Waals surface area (Å²) in [6, 6.07) is 0. The normalized spacial score (nSPS) is 18.1. The minimum Gasteiger partial charge on any atom is -0.461 e. The number of rotatable bonds is 10. The number of esters is 2. The first-order chi connectivity index (χ1) is 13.5. The van der Waals surface area contributed by atoms with Crippen molar-refractivity contribution in [3.8, 4) is 0 Å². The maximum atomic E-state index is 11.9. The zero-order chi connectivity index (χ0) is 20.8. The van der Waals surface area contributed by atoms with Crippen molar-refractivity contribution in [2.75, 3.05) is 26.3 Å². The van der Waals surface area contributed by atoms with E-state index in [1.54, 1.807) is 0 Å². The molecule has 10 nitrogen and oxygen atoms in total. The molecule has 0 radical (unpaired) electrons. The first-order valence-corrected chi connectivity index (χ1v) is 8.93. The molecule has 2 amide bonds. The highest BCUT2D eigenvalue weighted by atomic mass is 16.6. The maximum Gasteiger partial charge on any atom is 0.407 e. The van der Waals surface area contributed by atoms with E-state index < -0.39 is 36.3 Å². The Morgan fingerprint density at radius 1 is 0.786 bits per heavy atom. The number of carbonyl (C=O) groups is 4. The van der Waals surface area contributed by atoms with Gasteiger partial charge in [0.1, 0.15) is 25.4 Å². The van der Waals surface area contributed by atoms with Crippen LogP contribution in [0.2, 0.25) is 0 Å². The van der Waals surface area contributed by atoms with E-state index in [2.05, 4.69) is 23.8 Å². The average molecular weight is 398 g/mol. The summed E-state index contributed by atoms with van der Waals surface area (Å²) in [5, 5.41) is 4.91. The van der Waals surface area contributed by atoms with Gasteiger partial charge in [-0.1, -0.05) is 13.2 Å². The van der Waals surface area contributed by atoms with E-state index in [9.17, 15) is 19.2 Å². The fraction of sp³-hybridized carbons (Fsp3) is 0.556. The molecule has 28 heavy (non-hydrogen) atoms. The van der Waals surface area contributed by atoms with Crippen LogP contribution < -0.4 is 10.6 Å². The number of ether oxygens (including phenoxy) is 4. The molecule has 1 aliphatic carbocycles. The van der Waals surface area contributed by atoms with Crippen LogP contribution in [0.25, 0.3) is 0 Å². The summed E-state index contributed by atoms with van der Waals surface area (Å²) >= 11 is 0. The first-order valence-electron chi connectivity index (χ1n) is 8.93. The molecule has 1 saturated carbocycles. The molecule has 0 unspecified atom stereocenters. The molecule has 0 heterocycles. The zero-order valence-corrected chi connectivity index (χ0v) is 15.6. The number of amides is 2. The fourth-order valence-corrected chi connectivity index (χ4v) is 2.42. The maximum absolute atomic E-state index is 11.9. The number of nitrogens with one attached hydrogen (secondary N) is 2. The van der Waals surface area contributed by atoms with Crippen LogP contribution in [0, 0.1) is 0 Å². The number of alkyl carbamates (subject to hydrolysis) is 2. The number of carbonyl (C=O) groups excluding carboxylic acids is 4. The van der Waals surface area contributed by atoms with E-state index in [0.717, 1.165) is 25.0 Å². The lowest BCUT2D eigenvalue weighted by Crippen LogP contribution is -2.43.